The summed E-state index contributed by atoms with van der Waals surface area (Å²) in [6, 6.07) is 0.344. The first-order chi connectivity index (χ1) is 5.33. The molecule has 1 aliphatic rings. The lowest BCUT2D eigenvalue weighted by atomic mass is 10.3. The number of aliphatic hydroxyl groups is 1. The van der Waals surface area contributed by atoms with Crippen LogP contribution >= 0.6 is 0 Å². The van der Waals surface area contributed by atoms with Gasteiger partial charge < -0.3 is 15.2 Å². The molecule has 4 nitrogen and oxygen atoms in total. The summed E-state index contributed by atoms with van der Waals surface area (Å²) in [5, 5.41) is 11.4. The number of rotatable bonds is 5. The summed E-state index contributed by atoms with van der Waals surface area (Å²) in [5.41, 5.74) is 0. The van der Waals surface area contributed by atoms with Crippen LogP contribution in [0.15, 0.2) is 0 Å². The average Bonchev–Trinajstić information content (AvgIpc) is 2.72. The van der Waals surface area contributed by atoms with Gasteiger partial charge in [0.25, 0.3) is 0 Å². The number of carbonyl (C=O) groups excluding carboxylic acids is 1. The summed E-state index contributed by atoms with van der Waals surface area (Å²) in [5.74, 6) is -0.173. The molecule has 1 atom stereocenters. The monoisotopic (exact) mass is 159 g/mol. The summed E-state index contributed by atoms with van der Waals surface area (Å²) in [4.78, 5) is 10.8. The summed E-state index contributed by atoms with van der Waals surface area (Å²) >= 11 is 0. The zero-order valence-corrected chi connectivity index (χ0v) is 6.38. The Morgan fingerprint density at radius 3 is 3.00 bits per heavy atom. The predicted octanol–water partition coefficient (Wildman–Crippen LogP) is -0.726. The minimum absolute atomic E-state index is 0.0783. The molecule has 0 aliphatic carbocycles. The van der Waals surface area contributed by atoms with Gasteiger partial charge in [-0.25, -0.2) is 0 Å². The zero-order chi connectivity index (χ0) is 8.10. The van der Waals surface area contributed by atoms with E-state index in [-0.39, 0.29) is 12.6 Å². The lowest BCUT2D eigenvalue weighted by molar-refractivity contribution is -0.143. The van der Waals surface area contributed by atoms with Crippen LogP contribution in [0.5, 0.6) is 0 Å². The molecule has 1 fully saturated rings. The van der Waals surface area contributed by atoms with Gasteiger partial charge in [0, 0.05) is 25.6 Å². The van der Waals surface area contributed by atoms with Crippen LogP contribution in [0.4, 0.5) is 0 Å². The van der Waals surface area contributed by atoms with Crippen LogP contribution in [-0.2, 0) is 9.53 Å². The second-order valence-electron chi connectivity index (χ2n) is 2.61. The molecular weight excluding hydrogens is 146 g/mol. The fourth-order valence-corrected chi connectivity index (χ4v) is 0.738. The van der Waals surface area contributed by atoms with Gasteiger partial charge in [-0.3, -0.25) is 4.79 Å². The van der Waals surface area contributed by atoms with E-state index in [1.165, 1.54) is 0 Å². The molecule has 0 bridgehead atoms. The first-order valence-corrected chi connectivity index (χ1v) is 3.83. The molecule has 1 aliphatic heterocycles. The van der Waals surface area contributed by atoms with Crippen LogP contribution in [0.1, 0.15) is 12.8 Å². The minimum atomic E-state index is -0.173. The highest BCUT2D eigenvalue weighted by molar-refractivity contribution is 5.70. The van der Waals surface area contributed by atoms with E-state index in [0.717, 1.165) is 6.54 Å². The van der Waals surface area contributed by atoms with Crippen molar-refractivity contribution in [3.63, 3.8) is 0 Å². The number of hydrogen-bond donors (Lipinski definition) is 2. The molecule has 1 heterocycles. The molecule has 0 spiro atoms. The number of nitrogens with one attached hydrogen (secondary N) is 1. The van der Waals surface area contributed by atoms with Gasteiger partial charge in [-0.2, -0.15) is 0 Å². The number of carbonyl (C=O) groups is 1. The fourth-order valence-electron chi connectivity index (χ4n) is 0.738. The molecule has 4 heteroatoms. The van der Waals surface area contributed by atoms with Crippen molar-refractivity contribution < 1.29 is 14.6 Å². The van der Waals surface area contributed by atoms with Gasteiger partial charge in [0.15, 0.2) is 0 Å². The Balaban J connectivity index is 1.92. The van der Waals surface area contributed by atoms with Crippen LogP contribution in [0.3, 0.4) is 0 Å². The van der Waals surface area contributed by atoms with E-state index in [2.05, 4.69) is 5.32 Å². The first-order valence-electron chi connectivity index (χ1n) is 3.83. The molecule has 0 aromatic heterocycles. The highest BCUT2D eigenvalue weighted by atomic mass is 16.5. The van der Waals surface area contributed by atoms with E-state index >= 15 is 0 Å². The zero-order valence-electron chi connectivity index (χ0n) is 6.38. The molecular formula is C7H13NO3. The molecule has 0 saturated carbocycles. The molecule has 0 amide bonds. The van der Waals surface area contributed by atoms with Crippen molar-refractivity contribution in [2.75, 3.05) is 19.8 Å². The van der Waals surface area contributed by atoms with E-state index in [9.17, 15) is 4.79 Å². The summed E-state index contributed by atoms with van der Waals surface area (Å²) in [6.07, 6.45) is 0.995. The molecule has 1 rings (SSSR count). The van der Waals surface area contributed by atoms with Gasteiger partial charge in [0.1, 0.15) is 0 Å². The molecule has 2 N–H and O–H groups in total. The van der Waals surface area contributed by atoms with Crippen LogP contribution in [0, 0.1) is 0 Å². The Hall–Kier alpha value is -0.610. The molecule has 0 radical (unpaired) electrons. The normalized spacial score (nSPS) is 21.4. The minimum Gasteiger partial charge on any atom is -0.466 e. The van der Waals surface area contributed by atoms with Gasteiger partial charge in [0.05, 0.1) is 13.0 Å². The van der Waals surface area contributed by atoms with Gasteiger partial charge >= 0.3 is 5.97 Å². The fraction of sp³-hybridized carbons (Fsp3) is 0.857. The Bertz CT molecular complexity index is 134. The van der Waals surface area contributed by atoms with Crippen LogP contribution in [-0.4, -0.2) is 36.9 Å². The maximum absolute atomic E-state index is 10.8. The Kier molecular flexibility index (Phi) is 3.32. The predicted molar refractivity (Wildman–Crippen MR) is 39.1 cm³/mol. The lowest BCUT2D eigenvalue weighted by Gasteiger charge is -2.00. The second-order valence-corrected chi connectivity index (χ2v) is 2.61. The highest BCUT2D eigenvalue weighted by Crippen LogP contribution is 2.03. The van der Waals surface area contributed by atoms with E-state index in [1.807, 2.05) is 0 Å². The summed E-state index contributed by atoms with van der Waals surface area (Å²) in [7, 11) is 0. The van der Waals surface area contributed by atoms with Crippen molar-refractivity contribution in [1.29, 1.82) is 0 Å². The number of ether oxygens (including phenoxy) is 1. The second kappa shape index (κ2) is 4.31. The SMILES string of the molecule is O=C(CC1CN1)OCCCO. The largest absolute Gasteiger partial charge is 0.466 e. The van der Waals surface area contributed by atoms with E-state index in [4.69, 9.17) is 9.84 Å². The third kappa shape index (κ3) is 3.95. The van der Waals surface area contributed by atoms with Gasteiger partial charge in [0.2, 0.25) is 0 Å². The molecule has 11 heavy (non-hydrogen) atoms. The van der Waals surface area contributed by atoms with Crippen LogP contribution < -0.4 is 5.32 Å². The van der Waals surface area contributed by atoms with Gasteiger partial charge in [-0.15, -0.1) is 0 Å². The van der Waals surface area contributed by atoms with Crippen molar-refractivity contribution in [2.24, 2.45) is 0 Å². The molecule has 64 valence electrons. The molecule has 0 aromatic rings. The Morgan fingerprint density at radius 2 is 2.45 bits per heavy atom. The van der Waals surface area contributed by atoms with Crippen LogP contribution in [0.2, 0.25) is 0 Å². The van der Waals surface area contributed by atoms with Gasteiger partial charge in [-0.05, 0) is 0 Å². The standard InChI is InChI=1S/C7H13NO3/c9-2-1-3-11-7(10)4-6-5-8-6/h6,8-9H,1-5H2. The highest BCUT2D eigenvalue weighted by Gasteiger charge is 2.23. The number of esters is 1. The van der Waals surface area contributed by atoms with Crippen molar-refractivity contribution in [3.8, 4) is 0 Å². The quantitative estimate of drug-likeness (QED) is 0.315. The Labute approximate surface area is 65.5 Å². The number of hydrogen-bond acceptors (Lipinski definition) is 4. The summed E-state index contributed by atoms with van der Waals surface area (Å²) < 4.78 is 4.79. The molecule has 1 unspecified atom stereocenters. The third-order valence-electron chi connectivity index (χ3n) is 1.47. The molecule has 0 aromatic carbocycles. The average molecular weight is 159 g/mol. The topological polar surface area (TPSA) is 68.5 Å². The van der Waals surface area contributed by atoms with Crippen molar-refractivity contribution in [1.82, 2.24) is 5.32 Å². The van der Waals surface area contributed by atoms with Crippen molar-refractivity contribution >= 4 is 5.97 Å². The smallest absolute Gasteiger partial charge is 0.307 e. The number of aliphatic hydroxyl groups excluding tert-OH is 1. The summed E-state index contributed by atoms with van der Waals surface area (Å²) in [6.45, 7) is 1.34. The first kappa shape index (κ1) is 8.49. The van der Waals surface area contributed by atoms with Crippen molar-refractivity contribution in [2.45, 2.75) is 18.9 Å². The lowest BCUT2D eigenvalue weighted by Crippen LogP contribution is -2.10. The van der Waals surface area contributed by atoms with Gasteiger partial charge in [-0.1, -0.05) is 0 Å². The Morgan fingerprint density at radius 1 is 1.73 bits per heavy atom. The van der Waals surface area contributed by atoms with E-state index < -0.39 is 0 Å². The maximum Gasteiger partial charge on any atom is 0.307 e. The molecule has 1 saturated heterocycles. The van der Waals surface area contributed by atoms with Crippen LogP contribution in [0.25, 0.3) is 0 Å². The van der Waals surface area contributed by atoms with E-state index in [0.29, 0.717) is 25.5 Å². The van der Waals surface area contributed by atoms with Crippen molar-refractivity contribution in [3.05, 3.63) is 0 Å². The third-order valence-corrected chi connectivity index (χ3v) is 1.47. The maximum atomic E-state index is 10.8. The van der Waals surface area contributed by atoms with E-state index in [1.54, 1.807) is 0 Å².